The minimum Gasteiger partial charge on any atom is -0.375 e. The molecule has 0 amide bonds. The molecule has 1 aromatic rings. The third kappa shape index (κ3) is 3.90. The molecule has 0 radical (unpaired) electrons. The van der Waals surface area contributed by atoms with Gasteiger partial charge in [-0.3, -0.25) is 15.0 Å². The summed E-state index contributed by atoms with van der Waals surface area (Å²) in [6, 6.07) is 3.44. The van der Waals surface area contributed by atoms with Crippen LogP contribution in [0.3, 0.4) is 0 Å². The van der Waals surface area contributed by atoms with Crippen LogP contribution in [-0.4, -0.2) is 50.6 Å². The van der Waals surface area contributed by atoms with E-state index >= 15 is 0 Å². The summed E-state index contributed by atoms with van der Waals surface area (Å²) in [5.74, 6) is 0. The zero-order valence-corrected chi connectivity index (χ0v) is 12.6. The second-order valence-corrected chi connectivity index (χ2v) is 6.66. The number of primary sulfonamides is 1. The molecule has 0 saturated carbocycles. The van der Waals surface area contributed by atoms with Crippen LogP contribution in [0, 0.1) is 10.1 Å². The van der Waals surface area contributed by atoms with Crippen LogP contribution < -0.4 is 10.5 Å². The standard InChI is InChI=1S/C12H17FN4O4S/c13-4-6-16-5-3-9(8-16)15-11-2-1-10(22(14,20)21)7-12(11)17(18)19/h1-2,7,9,15H,3-6,8H2,(H2,14,20,21)/t9-/m1/s1. The maximum atomic E-state index is 12.3. The lowest BCUT2D eigenvalue weighted by atomic mass is 10.2. The molecule has 3 N–H and O–H groups in total. The van der Waals surface area contributed by atoms with Gasteiger partial charge in [0.05, 0.1) is 9.82 Å². The zero-order valence-electron chi connectivity index (χ0n) is 11.7. The minimum absolute atomic E-state index is 0.0504. The highest BCUT2D eigenvalue weighted by atomic mass is 32.2. The fourth-order valence-electron chi connectivity index (χ4n) is 2.45. The largest absolute Gasteiger partial charge is 0.375 e. The van der Waals surface area contributed by atoms with Gasteiger partial charge in [-0.05, 0) is 18.6 Å². The zero-order chi connectivity index (χ0) is 16.3. The van der Waals surface area contributed by atoms with Crippen molar-refractivity contribution in [2.45, 2.75) is 17.4 Å². The topological polar surface area (TPSA) is 119 Å². The summed E-state index contributed by atoms with van der Waals surface area (Å²) in [7, 11) is -4.00. The Morgan fingerprint density at radius 1 is 1.50 bits per heavy atom. The van der Waals surface area contributed by atoms with Crippen molar-refractivity contribution in [2.24, 2.45) is 5.14 Å². The summed E-state index contributed by atoms with van der Waals surface area (Å²) in [6.07, 6.45) is 0.730. The van der Waals surface area contributed by atoms with Gasteiger partial charge in [0.25, 0.3) is 5.69 Å². The van der Waals surface area contributed by atoms with E-state index in [4.69, 9.17) is 5.14 Å². The van der Waals surface area contributed by atoms with Crippen molar-refractivity contribution in [1.29, 1.82) is 0 Å². The first-order valence-corrected chi connectivity index (χ1v) is 8.22. The minimum atomic E-state index is -4.00. The highest BCUT2D eigenvalue weighted by Gasteiger charge is 2.25. The summed E-state index contributed by atoms with van der Waals surface area (Å²) >= 11 is 0. The van der Waals surface area contributed by atoms with E-state index in [2.05, 4.69) is 5.32 Å². The number of anilines is 1. The number of hydrogen-bond acceptors (Lipinski definition) is 6. The predicted molar refractivity (Wildman–Crippen MR) is 78.9 cm³/mol. The molecule has 0 spiro atoms. The van der Waals surface area contributed by atoms with E-state index in [0.717, 1.165) is 12.5 Å². The summed E-state index contributed by atoms with van der Waals surface area (Å²) in [4.78, 5) is 12.1. The van der Waals surface area contributed by atoms with Gasteiger partial charge in [0.15, 0.2) is 0 Å². The number of rotatable bonds is 6. The van der Waals surface area contributed by atoms with E-state index in [1.165, 1.54) is 12.1 Å². The molecular formula is C12H17FN4O4S. The molecule has 1 aliphatic rings. The monoisotopic (exact) mass is 332 g/mol. The molecule has 0 aromatic heterocycles. The van der Waals surface area contributed by atoms with Crippen molar-refractivity contribution in [3.8, 4) is 0 Å². The second kappa shape index (κ2) is 6.55. The van der Waals surface area contributed by atoms with Crippen LogP contribution in [0.15, 0.2) is 23.1 Å². The molecular weight excluding hydrogens is 315 g/mol. The number of nitrogens with two attached hydrogens (primary N) is 1. The first kappa shape index (κ1) is 16.6. The Bertz CT molecular complexity index is 667. The van der Waals surface area contributed by atoms with Crippen molar-refractivity contribution in [3.63, 3.8) is 0 Å². The summed E-state index contributed by atoms with van der Waals surface area (Å²) in [5.41, 5.74) is -0.125. The lowest BCUT2D eigenvalue weighted by Gasteiger charge is -2.16. The van der Waals surface area contributed by atoms with E-state index in [1.807, 2.05) is 4.90 Å². The van der Waals surface area contributed by atoms with Gasteiger partial charge >= 0.3 is 0 Å². The molecule has 22 heavy (non-hydrogen) atoms. The smallest absolute Gasteiger partial charge is 0.293 e. The third-order valence-corrected chi connectivity index (χ3v) is 4.44. The van der Waals surface area contributed by atoms with Gasteiger partial charge in [-0.2, -0.15) is 0 Å². The molecule has 1 heterocycles. The molecule has 0 bridgehead atoms. The highest BCUT2D eigenvalue weighted by molar-refractivity contribution is 7.89. The highest BCUT2D eigenvalue weighted by Crippen LogP contribution is 2.29. The number of benzene rings is 1. The van der Waals surface area contributed by atoms with E-state index < -0.39 is 21.6 Å². The van der Waals surface area contributed by atoms with Gasteiger partial charge < -0.3 is 5.32 Å². The summed E-state index contributed by atoms with van der Waals surface area (Å²) in [6.45, 7) is 1.20. The fraction of sp³-hybridized carbons (Fsp3) is 0.500. The molecule has 2 rings (SSSR count). The van der Waals surface area contributed by atoms with Crippen molar-refractivity contribution in [3.05, 3.63) is 28.3 Å². The van der Waals surface area contributed by atoms with Crippen LogP contribution >= 0.6 is 0 Å². The third-order valence-electron chi connectivity index (χ3n) is 3.53. The molecule has 8 nitrogen and oxygen atoms in total. The van der Waals surface area contributed by atoms with Crippen molar-refractivity contribution in [2.75, 3.05) is 31.6 Å². The Morgan fingerprint density at radius 3 is 2.82 bits per heavy atom. The van der Waals surface area contributed by atoms with Crippen LogP contribution in [0.5, 0.6) is 0 Å². The number of likely N-dealkylation sites (tertiary alicyclic amines) is 1. The molecule has 0 unspecified atom stereocenters. The first-order valence-electron chi connectivity index (χ1n) is 6.67. The summed E-state index contributed by atoms with van der Waals surface area (Å²) < 4.78 is 34.8. The molecule has 122 valence electrons. The normalized spacial score (nSPS) is 19.3. The van der Waals surface area contributed by atoms with Gasteiger partial charge in [-0.15, -0.1) is 0 Å². The number of nitro benzene ring substituents is 1. The quantitative estimate of drug-likeness (QED) is 0.584. The van der Waals surface area contributed by atoms with Crippen LogP contribution in [0.2, 0.25) is 0 Å². The number of sulfonamides is 1. The van der Waals surface area contributed by atoms with Crippen molar-refractivity contribution < 1.29 is 17.7 Å². The first-order chi connectivity index (χ1) is 10.3. The lowest BCUT2D eigenvalue weighted by molar-refractivity contribution is -0.384. The van der Waals surface area contributed by atoms with E-state index in [-0.39, 0.29) is 22.3 Å². The average molecular weight is 332 g/mol. The Labute approximate surface area is 127 Å². The van der Waals surface area contributed by atoms with Gasteiger partial charge in [-0.25, -0.2) is 17.9 Å². The van der Waals surface area contributed by atoms with Gasteiger partial charge in [-0.1, -0.05) is 0 Å². The molecule has 1 saturated heterocycles. The number of nitrogens with zero attached hydrogens (tertiary/aromatic N) is 2. The van der Waals surface area contributed by atoms with E-state index in [9.17, 15) is 22.9 Å². The van der Waals surface area contributed by atoms with Gasteiger partial charge in [0.1, 0.15) is 12.4 Å². The predicted octanol–water partition coefficient (Wildman–Crippen LogP) is 0.698. The van der Waals surface area contributed by atoms with Crippen molar-refractivity contribution >= 4 is 21.4 Å². The van der Waals surface area contributed by atoms with E-state index in [1.54, 1.807) is 0 Å². The SMILES string of the molecule is NS(=O)(=O)c1ccc(N[C@@H]2CCN(CCF)C2)c([N+](=O)[O-])c1. The Balaban J connectivity index is 2.19. The van der Waals surface area contributed by atoms with Gasteiger partial charge in [0.2, 0.25) is 10.0 Å². The van der Waals surface area contributed by atoms with Crippen LogP contribution in [0.25, 0.3) is 0 Å². The van der Waals surface area contributed by atoms with Crippen LogP contribution in [0.4, 0.5) is 15.8 Å². The summed E-state index contributed by atoms with van der Waals surface area (Å²) in [5, 5.41) is 19.1. The molecule has 1 aromatic carbocycles. The maximum Gasteiger partial charge on any atom is 0.293 e. The molecule has 1 aliphatic heterocycles. The number of alkyl halides is 1. The van der Waals surface area contributed by atoms with Gasteiger partial charge in [0, 0.05) is 31.7 Å². The average Bonchev–Trinajstić information content (AvgIpc) is 2.85. The number of hydrogen-bond donors (Lipinski definition) is 2. The number of nitro groups is 1. The molecule has 0 aliphatic carbocycles. The number of halogens is 1. The van der Waals surface area contributed by atoms with E-state index in [0.29, 0.717) is 19.6 Å². The maximum absolute atomic E-state index is 12.3. The fourth-order valence-corrected chi connectivity index (χ4v) is 2.99. The van der Waals surface area contributed by atoms with Crippen molar-refractivity contribution in [1.82, 2.24) is 4.90 Å². The Morgan fingerprint density at radius 2 is 2.23 bits per heavy atom. The van der Waals surface area contributed by atoms with Crippen LogP contribution in [0.1, 0.15) is 6.42 Å². The Kier molecular flexibility index (Phi) is 4.94. The second-order valence-electron chi connectivity index (χ2n) is 5.10. The molecule has 1 atom stereocenters. The van der Waals surface area contributed by atoms with Crippen LogP contribution in [-0.2, 0) is 10.0 Å². The molecule has 10 heteroatoms. The lowest BCUT2D eigenvalue weighted by Crippen LogP contribution is -2.28. The number of nitrogens with one attached hydrogen (secondary N) is 1. The Hall–Kier alpha value is -1.78. The molecule has 1 fully saturated rings.